The Labute approximate surface area is 147 Å². The summed E-state index contributed by atoms with van der Waals surface area (Å²) in [6.07, 6.45) is 1.98. The zero-order chi connectivity index (χ0) is 16.2. The second-order valence-corrected chi connectivity index (χ2v) is 6.01. The molecule has 0 radical (unpaired) electrons. The van der Waals surface area contributed by atoms with Crippen molar-refractivity contribution in [3.63, 3.8) is 0 Å². The van der Waals surface area contributed by atoms with Gasteiger partial charge in [0.25, 0.3) is 5.91 Å². The highest BCUT2D eigenvalue weighted by atomic mass is 127. The summed E-state index contributed by atoms with van der Waals surface area (Å²) in [5.41, 5.74) is 2.26. The predicted octanol–water partition coefficient (Wildman–Crippen LogP) is 3.96. The summed E-state index contributed by atoms with van der Waals surface area (Å²) < 4.78 is 0.794. The maximum Gasteiger partial charge on any atom is 0.267 e. The Morgan fingerprint density at radius 2 is 1.83 bits per heavy atom. The van der Waals surface area contributed by atoms with Crippen LogP contribution in [0.15, 0.2) is 60.7 Å². The number of carbonyl (C=O) groups excluding carboxylic acids is 1. The van der Waals surface area contributed by atoms with Gasteiger partial charge >= 0.3 is 0 Å². The first-order valence-electron chi connectivity index (χ1n) is 7.00. The topological polar surface area (TPSA) is 57.0 Å². The molecule has 112 valence electrons. The number of fused-ring (bicyclic) bond motifs is 1. The normalized spacial score (nSPS) is 10.3. The van der Waals surface area contributed by atoms with E-state index < -0.39 is 0 Å². The average Bonchev–Trinajstić information content (AvgIpc) is 2.60. The van der Waals surface area contributed by atoms with E-state index in [1.54, 1.807) is 24.3 Å². The minimum absolute atomic E-state index is 0.209. The molecular weight excluding hydrogens is 401 g/mol. The van der Waals surface area contributed by atoms with Gasteiger partial charge in [0.05, 0.1) is 12.1 Å². The Morgan fingerprint density at radius 1 is 1.13 bits per heavy atom. The third-order valence-electron chi connectivity index (χ3n) is 3.47. The molecule has 3 rings (SSSR count). The van der Waals surface area contributed by atoms with Crippen LogP contribution in [0.3, 0.4) is 0 Å². The number of hydrogen-bond acceptors (Lipinski definition) is 3. The molecule has 1 amide bonds. The first-order chi connectivity index (χ1) is 11.2. The van der Waals surface area contributed by atoms with Crippen LogP contribution < -0.4 is 0 Å². The van der Waals surface area contributed by atoms with Gasteiger partial charge < -0.3 is 0 Å². The third kappa shape index (κ3) is 3.32. The van der Waals surface area contributed by atoms with Crippen LogP contribution in [0, 0.1) is 15.2 Å². The lowest BCUT2D eigenvalue weighted by Gasteiger charge is -2.15. The van der Waals surface area contributed by atoms with Crippen LogP contribution in [0.2, 0.25) is 0 Å². The molecule has 0 N–H and O–H groups in total. The van der Waals surface area contributed by atoms with Crippen LogP contribution in [0.25, 0.3) is 10.9 Å². The van der Waals surface area contributed by atoms with Crippen LogP contribution in [0.5, 0.6) is 0 Å². The van der Waals surface area contributed by atoms with Crippen LogP contribution in [0.1, 0.15) is 15.9 Å². The van der Waals surface area contributed by atoms with Gasteiger partial charge in [-0.2, -0.15) is 5.26 Å². The SMILES string of the molecule is N#CN(Cc1cc2ccccc2nc1I)C(=O)c1ccccc1. The zero-order valence-corrected chi connectivity index (χ0v) is 14.3. The van der Waals surface area contributed by atoms with Crippen molar-refractivity contribution in [2.75, 3.05) is 0 Å². The lowest BCUT2D eigenvalue weighted by Crippen LogP contribution is -2.26. The van der Waals surface area contributed by atoms with E-state index in [0.717, 1.165) is 25.1 Å². The molecular formula is C18H12IN3O. The first kappa shape index (κ1) is 15.4. The summed E-state index contributed by atoms with van der Waals surface area (Å²) in [4.78, 5) is 18.1. The minimum Gasteiger partial charge on any atom is -0.268 e. The van der Waals surface area contributed by atoms with E-state index >= 15 is 0 Å². The minimum atomic E-state index is -0.308. The molecule has 23 heavy (non-hydrogen) atoms. The Morgan fingerprint density at radius 3 is 2.57 bits per heavy atom. The van der Waals surface area contributed by atoms with Gasteiger partial charge in [-0.1, -0.05) is 36.4 Å². The fourth-order valence-corrected chi connectivity index (χ4v) is 2.89. The van der Waals surface area contributed by atoms with Crippen molar-refractivity contribution in [1.29, 1.82) is 5.26 Å². The van der Waals surface area contributed by atoms with Crippen molar-refractivity contribution in [3.05, 3.63) is 75.5 Å². The van der Waals surface area contributed by atoms with Crippen LogP contribution in [-0.2, 0) is 6.54 Å². The Hall–Kier alpha value is -2.46. The fourth-order valence-electron chi connectivity index (χ4n) is 2.31. The molecule has 0 bridgehead atoms. The molecule has 0 unspecified atom stereocenters. The fraction of sp³-hybridized carbons (Fsp3) is 0.0556. The largest absolute Gasteiger partial charge is 0.268 e. The number of benzene rings is 2. The number of nitriles is 1. The molecule has 0 saturated carbocycles. The molecule has 0 atom stereocenters. The highest BCUT2D eigenvalue weighted by Gasteiger charge is 2.17. The predicted molar refractivity (Wildman–Crippen MR) is 96.4 cm³/mol. The Kier molecular flexibility index (Phi) is 4.53. The molecule has 0 aliphatic rings. The molecule has 0 saturated heterocycles. The summed E-state index contributed by atoms with van der Waals surface area (Å²) in [5.74, 6) is -0.308. The second-order valence-electron chi connectivity index (χ2n) is 4.99. The molecule has 2 aromatic carbocycles. The van der Waals surface area contributed by atoms with Gasteiger partial charge in [0.1, 0.15) is 3.70 Å². The quantitative estimate of drug-likeness (QED) is 0.283. The van der Waals surface area contributed by atoms with Gasteiger partial charge in [-0.15, -0.1) is 0 Å². The van der Waals surface area contributed by atoms with Gasteiger partial charge in [0.15, 0.2) is 6.19 Å². The van der Waals surface area contributed by atoms with Gasteiger partial charge in [-0.05, 0) is 46.9 Å². The number of halogens is 1. The molecule has 0 spiro atoms. The maximum absolute atomic E-state index is 12.4. The standard InChI is InChI=1S/C18H12IN3O/c19-17-15(10-14-8-4-5-9-16(14)21-17)11-22(12-20)18(23)13-6-2-1-3-7-13/h1-10H,11H2. The van der Waals surface area contributed by atoms with Gasteiger partial charge in [0.2, 0.25) is 0 Å². The second kappa shape index (κ2) is 6.75. The van der Waals surface area contributed by atoms with E-state index in [1.165, 1.54) is 0 Å². The van der Waals surface area contributed by atoms with Crippen molar-refractivity contribution in [2.24, 2.45) is 0 Å². The number of hydrogen-bond donors (Lipinski definition) is 0. The zero-order valence-electron chi connectivity index (χ0n) is 12.1. The van der Waals surface area contributed by atoms with E-state index in [0.29, 0.717) is 5.56 Å². The number of carbonyl (C=O) groups is 1. The van der Waals surface area contributed by atoms with E-state index in [1.807, 2.05) is 42.6 Å². The number of nitrogens with zero attached hydrogens (tertiary/aromatic N) is 3. The van der Waals surface area contributed by atoms with Gasteiger partial charge in [-0.3, -0.25) is 4.79 Å². The van der Waals surface area contributed by atoms with Crippen molar-refractivity contribution in [2.45, 2.75) is 6.54 Å². The van der Waals surface area contributed by atoms with Crippen molar-refractivity contribution >= 4 is 39.4 Å². The van der Waals surface area contributed by atoms with E-state index in [9.17, 15) is 10.1 Å². The lowest BCUT2D eigenvalue weighted by atomic mass is 10.1. The van der Waals surface area contributed by atoms with Crippen molar-refractivity contribution in [1.82, 2.24) is 9.88 Å². The monoisotopic (exact) mass is 413 g/mol. The average molecular weight is 413 g/mol. The Bertz CT molecular complexity index is 903. The number of amides is 1. The highest BCUT2D eigenvalue weighted by molar-refractivity contribution is 14.1. The molecule has 1 aromatic heterocycles. The lowest BCUT2D eigenvalue weighted by molar-refractivity contribution is 0.0824. The summed E-state index contributed by atoms with van der Waals surface area (Å²) in [5, 5.41) is 10.3. The smallest absolute Gasteiger partial charge is 0.267 e. The summed E-state index contributed by atoms with van der Waals surface area (Å²) in [6.45, 7) is 0.209. The van der Waals surface area contributed by atoms with E-state index in [-0.39, 0.29) is 12.5 Å². The number of aromatic nitrogens is 1. The molecule has 5 heteroatoms. The number of pyridine rings is 1. The van der Waals surface area contributed by atoms with E-state index in [4.69, 9.17) is 0 Å². The summed E-state index contributed by atoms with van der Waals surface area (Å²) >= 11 is 2.14. The van der Waals surface area contributed by atoms with Crippen molar-refractivity contribution < 1.29 is 4.79 Å². The van der Waals surface area contributed by atoms with Gasteiger partial charge in [0, 0.05) is 16.5 Å². The molecule has 0 aliphatic heterocycles. The molecule has 0 fully saturated rings. The number of rotatable bonds is 3. The van der Waals surface area contributed by atoms with E-state index in [2.05, 4.69) is 27.6 Å². The van der Waals surface area contributed by atoms with Crippen LogP contribution in [-0.4, -0.2) is 15.8 Å². The van der Waals surface area contributed by atoms with Crippen LogP contribution in [0.4, 0.5) is 0 Å². The number of para-hydroxylation sites is 1. The summed E-state index contributed by atoms with van der Waals surface area (Å²) in [7, 11) is 0. The highest BCUT2D eigenvalue weighted by Crippen LogP contribution is 2.20. The summed E-state index contributed by atoms with van der Waals surface area (Å²) in [6, 6.07) is 18.6. The van der Waals surface area contributed by atoms with Gasteiger partial charge in [-0.25, -0.2) is 9.88 Å². The molecule has 4 nitrogen and oxygen atoms in total. The first-order valence-corrected chi connectivity index (χ1v) is 8.08. The van der Waals surface area contributed by atoms with Crippen molar-refractivity contribution in [3.8, 4) is 6.19 Å². The Balaban J connectivity index is 1.92. The van der Waals surface area contributed by atoms with Crippen LogP contribution >= 0.6 is 22.6 Å². The maximum atomic E-state index is 12.4. The third-order valence-corrected chi connectivity index (χ3v) is 4.40. The molecule has 0 aliphatic carbocycles. The molecule has 1 heterocycles. The molecule has 3 aromatic rings.